The van der Waals surface area contributed by atoms with E-state index in [1.807, 2.05) is 0 Å². The van der Waals surface area contributed by atoms with Gasteiger partial charge in [0.05, 0.1) is 10.7 Å². The van der Waals surface area contributed by atoms with Crippen molar-refractivity contribution in [1.82, 2.24) is 4.57 Å². The van der Waals surface area contributed by atoms with Crippen molar-refractivity contribution in [3.8, 4) is 0 Å². The van der Waals surface area contributed by atoms with Crippen LogP contribution >= 0.6 is 11.6 Å². The van der Waals surface area contributed by atoms with Crippen LogP contribution in [0.5, 0.6) is 0 Å². The van der Waals surface area contributed by atoms with E-state index in [1.165, 1.54) is 19.1 Å². The highest BCUT2D eigenvalue weighted by molar-refractivity contribution is 6.33. The second-order valence-corrected chi connectivity index (χ2v) is 5.07. The molecule has 0 aliphatic carbocycles. The Balaban J connectivity index is 2.00. The SMILES string of the molecule is C[C@H](OC(=O)c1cccn1C)C(=O)Nc1ccc(F)cc1Cl. The highest BCUT2D eigenvalue weighted by Gasteiger charge is 2.21. The number of benzene rings is 1. The molecule has 7 heteroatoms. The van der Waals surface area contributed by atoms with Crippen molar-refractivity contribution >= 4 is 29.2 Å². The molecular weight excluding hydrogens is 311 g/mol. The van der Waals surface area contributed by atoms with E-state index >= 15 is 0 Å². The first-order valence-electron chi connectivity index (χ1n) is 6.46. The Morgan fingerprint density at radius 2 is 2.09 bits per heavy atom. The van der Waals surface area contributed by atoms with Gasteiger partial charge in [0.1, 0.15) is 11.5 Å². The summed E-state index contributed by atoms with van der Waals surface area (Å²) in [5.41, 5.74) is 0.578. The monoisotopic (exact) mass is 324 g/mol. The number of rotatable bonds is 4. The number of esters is 1. The van der Waals surface area contributed by atoms with Crippen molar-refractivity contribution in [2.75, 3.05) is 5.32 Å². The molecule has 0 aliphatic heterocycles. The van der Waals surface area contributed by atoms with Gasteiger partial charge in [0.25, 0.3) is 5.91 Å². The van der Waals surface area contributed by atoms with Gasteiger partial charge in [-0.1, -0.05) is 11.6 Å². The number of ether oxygens (including phenoxy) is 1. The molecule has 22 heavy (non-hydrogen) atoms. The number of nitrogens with zero attached hydrogens (tertiary/aromatic N) is 1. The van der Waals surface area contributed by atoms with Crippen molar-refractivity contribution in [1.29, 1.82) is 0 Å². The van der Waals surface area contributed by atoms with E-state index in [0.29, 0.717) is 5.69 Å². The smallest absolute Gasteiger partial charge is 0.355 e. The molecule has 116 valence electrons. The van der Waals surface area contributed by atoms with Crippen molar-refractivity contribution in [3.05, 3.63) is 53.1 Å². The molecule has 1 heterocycles. The van der Waals surface area contributed by atoms with Crippen LogP contribution in [0.2, 0.25) is 5.02 Å². The molecule has 5 nitrogen and oxygen atoms in total. The van der Waals surface area contributed by atoms with Gasteiger partial charge < -0.3 is 14.6 Å². The van der Waals surface area contributed by atoms with Crippen LogP contribution in [0.4, 0.5) is 10.1 Å². The minimum absolute atomic E-state index is 0.0642. The lowest BCUT2D eigenvalue weighted by Gasteiger charge is -2.14. The normalized spacial score (nSPS) is 11.8. The lowest BCUT2D eigenvalue weighted by molar-refractivity contribution is -0.123. The van der Waals surface area contributed by atoms with Gasteiger partial charge in [-0.15, -0.1) is 0 Å². The first-order valence-corrected chi connectivity index (χ1v) is 6.84. The highest BCUT2D eigenvalue weighted by atomic mass is 35.5. The third kappa shape index (κ3) is 3.65. The summed E-state index contributed by atoms with van der Waals surface area (Å²) in [5, 5.41) is 2.55. The number of nitrogens with one attached hydrogen (secondary N) is 1. The van der Waals surface area contributed by atoms with Gasteiger partial charge in [-0.3, -0.25) is 4.79 Å². The van der Waals surface area contributed by atoms with Crippen molar-refractivity contribution in [2.45, 2.75) is 13.0 Å². The molecule has 2 aromatic rings. The average Bonchev–Trinajstić information content (AvgIpc) is 2.88. The van der Waals surface area contributed by atoms with Gasteiger partial charge in [-0.05, 0) is 37.3 Å². The summed E-state index contributed by atoms with van der Waals surface area (Å²) >= 11 is 5.82. The Bertz CT molecular complexity index is 715. The van der Waals surface area contributed by atoms with Crippen LogP contribution in [-0.4, -0.2) is 22.5 Å². The molecular formula is C15H14ClFN2O3. The number of carbonyl (C=O) groups excluding carboxylic acids is 2. The summed E-state index contributed by atoms with van der Waals surface area (Å²) in [4.78, 5) is 23.9. The maximum atomic E-state index is 12.9. The minimum atomic E-state index is -1.02. The van der Waals surface area contributed by atoms with Crippen LogP contribution in [0.15, 0.2) is 36.5 Å². The summed E-state index contributed by atoms with van der Waals surface area (Å²) in [6.07, 6.45) is 0.670. The standard InChI is InChI=1S/C15H14ClFN2O3/c1-9(22-15(21)13-4-3-7-19(13)2)14(20)18-12-6-5-10(17)8-11(12)16/h3-9H,1-2H3,(H,18,20)/t9-/m0/s1. The zero-order valence-electron chi connectivity index (χ0n) is 12.0. The average molecular weight is 325 g/mol. The first kappa shape index (κ1) is 16.0. The Morgan fingerprint density at radius 1 is 1.36 bits per heavy atom. The number of carbonyl (C=O) groups is 2. The maximum absolute atomic E-state index is 12.9. The van der Waals surface area contributed by atoms with Crippen molar-refractivity contribution in [3.63, 3.8) is 0 Å². The third-order valence-electron chi connectivity index (χ3n) is 2.99. The van der Waals surface area contributed by atoms with Crippen molar-refractivity contribution in [2.24, 2.45) is 7.05 Å². The Kier molecular flexibility index (Phi) is 4.82. The quantitative estimate of drug-likeness (QED) is 0.879. The molecule has 0 aliphatic rings. The molecule has 0 unspecified atom stereocenters. The molecule has 0 radical (unpaired) electrons. The van der Waals surface area contributed by atoms with Gasteiger partial charge in [-0.2, -0.15) is 0 Å². The van der Waals surface area contributed by atoms with Gasteiger partial charge in [0.2, 0.25) is 0 Å². The topological polar surface area (TPSA) is 60.3 Å². The van der Waals surface area contributed by atoms with Crippen LogP contribution in [0.25, 0.3) is 0 Å². The molecule has 1 amide bonds. The Morgan fingerprint density at radius 3 is 2.68 bits per heavy atom. The highest BCUT2D eigenvalue weighted by Crippen LogP contribution is 2.22. The van der Waals surface area contributed by atoms with Gasteiger partial charge in [0.15, 0.2) is 6.10 Å². The summed E-state index contributed by atoms with van der Waals surface area (Å²) < 4.78 is 19.6. The molecule has 1 aromatic carbocycles. The van der Waals surface area contributed by atoms with Crippen molar-refractivity contribution < 1.29 is 18.7 Å². The fourth-order valence-electron chi connectivity index (χ4n) is 1.77. The van der Waals surface area contributed by atoms with E-state index in [4.69, 9.17) is 16.3 Å². The molecule has 1 atom stereocenters. The maximum Gasteiger partial charge on any atom is 0.355 e. The number of halogens is 2. The number of hydrogen-bond acceptors (Lipinski definition) is 3. The lowest BCUT2D eigenvalue weighted by Crippen LogP contribution is -2.30. The predicted octanol–water partition coefficient (Wildman–Crippen LogP) is 3.00. The van der Waals surface area contributed by atoms with Gasteiger partial charge >= 0.3 is 5.97 Å². The van der Waals surface area contributed by atoms with E-state index in [9.17, 15) is 14.0 Å². The first-order chi connectivity index (χ1) is 10.4. The fraction of sp³-hybridized carbons (Fsp3) is 0.200. The second-order valence-electron chi connectivity index (χ2n) is 4.67. The molecule has 0 bridgehead atoms. The van der Waals surface area contributed by atoms with E-state index in [-0.39, 0.29) is 10.7 Å². The van der Waals surface area contributed by atoms with Gasteiger partial charge in [0, 0.05) is 13.2 Å². The Labute approximate surface area is 131 Å². The molecule has 0 saturated heterocycles. The molecule has 0 fully saturated rings. The number of aromatic nitrogens is 1. The third-order valence-corrected chi connectivity index (χ3v) is 3.31. The predicted molar refractivity (Wildman–Crippen MR) is 80.3 cm³/mol. The van der Waals surface area contributed by atoms with Crippen LogP contribution in [-0.2, 0) is 16.6 Å². The zero-order chi connectivity index (χ0) is 16.3. The summed E-state index contributed by atoms with van der Waals surface area (Å²) in [5.74, 6) is -1.68. The van der Waals surface area contributed by atoms with Crippen LogP contribution in [0.1, 0.15) is 17.4 Å². The van der Waals surface area contributed by atoms with Crippen LogP contribution in [0, 0.1) is 5.82 Å². The lowest BCUT2D eigenvalue weighted by atomic mass is 10.3. The molecule has 1 N–H and O–H groups in total. The molecule has 0 spiro atoms. The molecule has 0 saturated carbocycles. The summed E-state index contributed by atoms with van der Waals surface area (Å²) in [7, 11) is 1.69. The number of amides is 1. The summed E-state index contributed by atoms with van der Waals surface area (Å²) in [6.45, 7) is 1.44. The Hall–Kier alpha value is -2.34. The fourth-order valence-corrected chi connectivity index (χ4v) is 1.99. The number of aryl methyl sites for hydroxylation is 1. The van der Waals surface area contributed by atoms with Gasteiger partial charge in [-0.25, -0.2) is 9.18 Å². The minimum Gasteiger partial charge on any atom is -0.448 e. The zero-order valence-corrected chi connectivity index (χ0v) is 12.7. The molecule has 1 aromatic heterocycles. The van der Waals surface area contributed by atoms with E-state index < -0.39 is 23.8 Å². The van der Waals surface area contributed by atoms with E-state index in [2.05, 4.69) is 5.32 Å². The van der Waals surface area contributed by atoms with Crippen LogP contribution in [0.3, 0.4) is 0 Å². The van der Waals surface area contributed by atoms with E-state index in [1.54, 1.807) is 29.9 Å². The van der Waals surface area contributed by atoms with E-state index in [0.717, 1.165) is 6.07 Å². The summed E-state index contributed by atoms with van der Waals surface area (Å²) in [6, 6.07) is 6.87. The second kappa shape index (κ2) is 6.62. The number of hydrogen-bond donors (Lipinski definition) is 1. The number of anilines is 1. The molecule has 2 rings (SSSR count). The van der Waals surface area contributed by atoms with Crippen LogP contribution < -0.4 is 5.32 Å². The largest absolute Gasteiger partial charge is 0.448 e.